The van der Waals surface area contributed by atoms with E-state index in [1.807, 2.05) is 0 Å². The molecule has 31 heavy (non-hydrogen) atoms. The highest BCUT2D eigenvalue weighted by molar-refractivity contribution is 5.91. The maximum absolute atomic E-state index is 13.5. The van der Waals surface area contributed by atoms with Gasteiger partial charge in [-0.3, -0.25) is 4.79 Å². The summed E-state index contributed by atoms with van der Waals surface area (Å²) in [5, 5.41) is 2.32. The van der Waals surface area contributed by atoms with Crippen molar-refractivity contribution in [3.8, 4) is 0 Å². The molecule has 0 aromatic carbocycles. The van der Waals surface area contributed by atoms with Gasteiger partial charge in [0.2, 0.25) is 5.91 Å². The molecule has 0 aliphatic carbocycles. The molecule has 0 aliphatic heterocycles. The second kappa shape index (κ2) is 9.43. The van der Waals surface area contributed by atoms with Gasteiger partial charge in [0.25, 0.3) is 0 Å². The summed E-state index contributed by atoms with van der Waals surface area (Å²) >= 11 is 0. The lowest BCUT2D eigenvalue weighted by Crippen LogP contribution is -2.70. The number of unbranched alkanes of at least 4 members (excludes halogenated alkanes) is 3. The van der Waals surface area contributed by atoms with Gasteiger partial charge >= 0.3 is 35.8 Å². The van der Waals surface area contributed by atoms with Gasteiger partial charge in [0.15, 0.2) is 0 Å². The van der Waals surface area contributed by atoms with Crippen molar-refractivity contribution in [1.82, 2.24) is 5.32 Å². The third-order valence-corrected chi connectivity index (χ3v) is 4.09. The molecule has 0 aliphatic rings. The normalized spacial score (nSPS) is 14.5. The van der Waals surface area contributed by atoms with Crippen LogP contribution in [-0.2, 0) is 4.79 Å². The van der Waals surface area contributed by atoms with Crippen molar-refractivity contribution in [1.29, 1.82) is 0 Å². The van der Waals surface area contributed by atoms with E-state index in [1.54, 1.807) is 0 Å². The van der Waals surface area contributed by atoms with Crippen LogP contribution in [0.2, 0.25) is 0 Å². The average molecular weight is 487 g/mol. The van der Waals surface area contributed by atoms with Crippen molar-refractivity contribution >= 4 is 5.91 Å². The highest BCUT2D eigenvalue weighted by Crippen LogP contribution is 2.60. The largest absolute Gasteiger partial charge is 0.460 e. The Bertz CT molecular complexity index is 640. The van der Waals surface area contributed by atoms with Crippen LogP contribution in [0.15, 0.2) is 12.2 Å². The summed E-state index contributed by atoms with van der Waals surface area (Å²) in [6.07, 6.45) is -10.8. The van der Waals surface area contributed by atoms with Crippen LogP contribution in [0.5, 0.6) is 0 Å². The Labute approximate surface area is 167 Å². The number of amides is 1. The summed E-state index contributed by atoms with van der Waals surface area (Å²) in [6, 6.07) is 0. The van der Waals surface area contributed by atoms with Crippen molar-refractivity contribution in [2.24, 2.45) is 0 Å². The third kappa shape index (κ3) is 5.76. The Balaban J connectivity index is 5.14. The minimum Gasteiger partial charge on any atom is -0.352 e. The number of nitrogens with one attached hydrogen (secondary N) is 1. The molecule has 0 aromatic heterocycles. The van der Waals surface area contributed by atoms with Crippen LogP contribution in [0.4, 0.5) is 57.1 Å². The maximum Gasteiger partial charge on any atom is 0.460 e. The third-order valence-electron chi connectivity index (χ3n) is 4.09. The van der Waals surface area contributed by atoms with Crippen LogP contribution < -0.4 is 5.32 Å². The van der Waals surface area contributed by atoms with Crippen LogP contribution in [0.25, 0.3) is 0 Å². The maximum atomic E-state index is 13.5. The summed E-state index contributed by atoms with van der Waals surface area (Å²) in [6.45, 7) is 4.69. The molecule has 0 spiro atoms. The van der Waals surface area contributed by atoms with Gasteiger partial charge in [-0.05, 0) is 19.8 Å². The molecule has 0 bridgehead atoms. The van der Waals surface area contributed by atoms with Gasteiger partial charge in [-0.2, -0.15) is 57.1 Å². The van der Waals surface area contributed by atoms with E-state index in [0.717, 1.165) is 0 Å². The van der Waals surface area contributed by atoms with Crippen molar-refractivity contribution in [2.45, 2.75) is 74.8 Å². The molecular weight excluding hydrogens is 469 g/mol. The molecule has 0 radical (unpaired) electrons. The standard InChI is InChI=1S/C16H18F13NO/c1-9(2)10(31)30-8-6-4-3-5-7-11(17,18)12(19,20)13(21,22)14(23,24)15(25,26)16(27,28)29/h1,3-8H2,2H3,(H,30,31). The van der Waals surface area contributed by atoms with Crippen molar-refractivity contribution in [2.75, 3.05) is 6.54 Å². The quantitative estimate of drug-likeness (QED) is 0.194. The van der Waals surface area contributed by atoms with E-state index in [4.69, 9.17) is 0 Å². The number of hydrogen-bond donors (Lipinski definition) is 1. The number of halogens is 13. The van der Waals surface area contributed by atoms with Crippen molar-refractivity contribution < 1.29 is 61.9 Å². The van der Waals surface area contributed by atoms with E-state index in [0.29, 0.717) is 0 Å². The van der Waals surface area contributed by atoms with Crippen LogP contribution in [-0.4, -0.2) is 48.2 Å². The summed E-state index contributed by atoms with van der Waals surface area (Å²) in [5.74, 6) is -37.1. The molecular formula is C16H18F13NO. The van der Waals surface area contributed by atoms with E-state index >= 15 is 0 Å². The molecule has 184 valence electrons. The first kappa shape index (κ1) is 29.3. The van der Waals surface area contributed by atoms with Crippen LogP contribution >= 0.6 is 0 Å². The van der Waals surface area contributed by atoms with Gasteiger partial charge in [-0.15, -0.1) is 0 Å². The second-order valence-corrected chi connectivity index (χ2v) is 6.70. The lowest BCUT2D eigenvalue weighted by Gasteiger charge is -2.39. The Morgan fingerprint density at radius 3 is 1.52 bits per heavy atom. The number of hydrogen-bond acceptors (Lipinski definition) is 1. The molecule has 0 unspecified atom stereocenters. The molecule has 0 atom stereocenters. The van der Waals surface area contributed by atoms with E-state index in [9.17, 15) is 61.9 Å². The first-order valence-electron chi connectivity index (χ1n) is 8.47. The van der Waals surface area contributed by atoms with Gasteiger partial charge in [-0.25, -0.2) is 0 Å². The van der Waals surface area contributed by atoms with Crippen molar-refractivity contribution in [3.05, 3.63) is 12.2 Å². The molecule has 0 saturated carbocycles. The smallest absolute Gasteiger partial charge is 0.352 e. The van der Waals surface area contributed by atoms with Gasteiger partial charge in [0.05, 0.1) is 0 Å². The van der Waals surface area contributed by atoms with Crippen LogP contribution in [0.3, 0.4) is 0 Å². The summed E-state index contributed by atoms with van der Waals surface area (Å²) in [4.78, 5) is 11.1. The van der Waals surface area contributed by atoms with Crippen LogP contribution in [0.1, 0.15) is 39.0 Å². The van der Waals surface area contributed by atoms with Gasteiger partial charge in [-0.1, -0.05) is 19.4 Å². The molecule has 0 saturated heterocycles. The van der Waals surface area contributed by atoms with Gasteiger partial charge < -0.3 is 5.32 Å². The zero-order chi connectivity index (χ0) is 25.1. The first-order valence-corrected chi connectivity index (χ1v) is 8.47. The fraction of sp³-hybridized carbons (Fsp3) is 0.812. The highest BCUT2D eigenvalue weighted by atomic mass is 19.4. The SMILES string of the molecule is C=C(C)C(=O)NCCCCCCC(F)(F)C(F)(F)C(F)(F)C(F)(F)C(F)(F)C(F)(F)F. The van der Waals surface area contributed by atoms with E-state index < -0.39 is 54.5 Å². The molecule has 1 amide bonds. The predicted octanol–water partition coefficient (Wildman–Crippen LogP) is 6.37. The molecule has 15 heteroatoms. The Kier molecular flexibility index (Phi) is 8.91. The lowest BCUT2D eigenvalue weighted by atomic mass is 9.91. The molecule has 0 rings (SSSR count). The topological polar surface area (TPSA) is 29.1 Å². The number of alkyl halides is 13. The minimum atomic E-state index is -7.87. The zero-order valence-electron chi connectivity index (χ0n) is 15.8. The molecule has 0 heterocycles. The van der Waals surface area contributed by atoms with E-state index in [-0.39, 0.29) is 31.4 Å². The van der Waals surface area contributed by atoms with E-state index in [1.165, 1.54) is 6.92 Å². The monoisotopic (exact) mass is 487 g/mol. The lowest BCUT2D eigenvalue weighted by molar-refractivity contribution is -0.440. The van der Waals surface area contributed by atoms with Gasteiger partial charge in [0.1, 0.15) is 0 Å². The summed E-state index contributed by atoms with van der Waals surface area (Å²) in [7, 11) is 0. The van der Waals surface area contributed by atoms with Gasteiger partial charge in [0, 0.05) is 18.5 Å². The summed E-state index contributed by atoms with van der Waals surface area (Å²) < 4.78 is 168. The fourth-order valence-electron chi connectivity index (χ4n) is 2.14. The molecule has 0 fully saturated rings. The molecule has 2 nitrogen and oxygen atoms in total. The van der Waals surface area contributed by atoms with Crippen molar-refractivity contribution in [3.63, 3.8) is 0 Å². The number of carbonyl (C=O) groups excluding carboxylic acids is 1. The predicted molar refractivity (Wildman–Crippen MR) is 81.7 cm³/mol. The zero-order valence-corrected chi connectivity index (χ0v) is 15.8. The minimum absolute atomic E-state index is 0.00899. The molecule has 0 aromatic rings. The summed E-state index contributed by atoms with van der Waals surface area (Å²) in [5.41, 5.74) is 0.149. The average Bonchev–Trinajstić information content (AvgIpc) is 2.58. The number of carbonyl (C=O) groups is 1. The first-order chi connectivity index (χ1) is 13.6. The Morgan fingerprint density at radius 2 is 1.10 bits per heavy atom. The fourth-order valence-corrected chi connectivity index (χ4v) is 2.14. The highest BCUT2D eigenvalue weighted by Gasteiger charge is 2.90. The van der Waals surface area contributed by atoms with E-state index in [2.05, 4.69) is 11.9 Å². The molecule has 1 N–H and O–H groups in total. The Morgan fingerprint density at radius 1 is 0.677 bits per heavy atom. The van der Waals surface area contributed by atoms with Crippen LogP contribution in [0, 0.1) is 0 Å². The number of rotatable bonds is 12. The second-order valence-electron chi connectivity index (χ2n) is 6.70. The Hall–Kier alpha value is -1.70.